The van der Waals surface area contributed by atoms with E-state index in [4.69, 9.17) is 9.26 Å². The van der Waals surface area contributed by atoms with Gasteiger partial charge in [0, 0.05) is 11.6 Å². The molecular weight excluding hydrogens is 244 g/mol. The monoisotopic (exact) mass is 260 g/mol. The van der Waals surface area contributed by atoms with Gasteiger partial charge in [-0.25, -0.2) is 0 Å². The van der Waals surface area contributed by atoms with Crippen LogP contribution in [0.3, 0.4) is 0 Å². The van der Waals surface area contributed by atoms with Crippen molar-refractivity contribution >= 4 is 11.8 Å². The molecule has 5 nitrogen and oxygen atoms in total. The maximum absolute atomic E-state index is 11.9. The van der Waals surface area contributed by atoms with Crippen LogP contribution >= 0.6 is 0 Å². The summed E-state index contributed by atoms with van der Waals surface area (Å²) in [6.45, 7) is 5.69. The molecule has 2 aromatic rings. The van der Waals surface area contributed by atoms with E-state index < -0.39 is 0 Å². The highest BCUT2D eigenvalue weighted by Crippen LogP contribution is 2.15. The maximum Gasteiger partial charge on any atom is 0.258 e. The lowest BCUT2D eigenvalue weighted by Crippen LogP contribution is -2.11. The van der Waals surface area contributed by atoms with Crippen LogP contribution in [0, 0.1) is 6.92 Å². The van der Waals surface area contributed by atoms with Gasteiger partial charge in [0.1, 0.15) is 5.75 Å². The number of carbonyl (C=O) groups is 1. The smallest absolute Gasteiger partial charge is 0.258 e. The van der Waals surface area contributed by atoms with Crippen LogP contribution in [-0.4, -0.2) is 17.2 Å². The Morgan fingerprint density at radius 3 is 2.53 bits per heavy atom. The van der Waals surface area contributed by atoms with E-state index in [1.54, 1.807) is 37.3 Å². The third-order valence-electron chi connectivity index (χ3n) is 2.35. The fourth-order valence-corrected chi connectivity index (χ4v) is 1.56. The Kier molecular flexibility index (Phi) is 3.85. The number of ether oxygens (including phenoxy) is 1. The van der Waals surface area contributed by atoms with Gasteiger partial charge < -0.3 is 9.26 Å². The fourth-order valence-electron chi connectivity index (χ4n) is 1.56. The quantitative estimate of drug-likeness (QED) is 0.917. The lowest BCUT2D eigenvalue weighted by atomic mass is 10.2. The number of anilines is 1. The van der Waals surface area contributed by atoms with E-state index in [2.05, 4.69) is 10.5 Å². The highest BCUT2D eigenvalue weighted by Gasteiger charge is 2.09. The molecule has 2 rings (SSSR count). The molecule has 100 valence electrons. The molecule has 1 amide bonds. The topological polar surface area (TPSA) is 64.4 Å². The van der Waals surface area contributed by atoms with Gasteiger partial charge in [0.15, 0.2) is 0 Å². The highest BCUT2D eigenvalue weighted by molar-refractivity contribution is 6.03. The molecule has 0 saturated carbocycles. The van der Waals surface area contributed by atoms with Crippen molar-refractivity contribution in [3.05, 3.63) is 41.6 Å². The lowest BCUT2D eigenvalue weighted by Gasteiger charge is -2.09. The molecule has 0 aliphatic rings. The minimum atomic E-state index is -0.243. The molecule has 0 radical (unpaired) electrons. The Balaban J connectivity index is 2.03. The van der Waals surface area contributed by atoms with Crippen molar-refractivity contribution < 1.29 is 14.1 Å². The maximum atomic E-state index is 11.9. The summed E-state index contributed by atoms with van der Waals surface area (Å²) >= 11 is 0. The number of hydrogen-bond donors (Lipinski definition) is 1. The first-order valence-electron chi connectivity index (χ1n) is 6.06. The Morgan fingerprint density at radius 2 is 2.00 bits per heavy atom. The summed E-state index contributed by atoms with van der Waals surface area (Å²) in [5.41, 5.74) is 1.25. The van der Waals surface area contributed by atoms with Gasteiger partial charge in [-0.3, -0.25) is 10.1 Å². The van der Waals surface area contributed by atoms with E-state index in [1.807, 2.05) is 13.8 Å². The Hall–Kier alpha value is -2.30. The number of amides is 1. The minimum absolute atomic E-state index is 0.108. The van der Waals surface area contributed by atoms with Crippen LogP contribution < -0.4 is 10.1 Å². The summed E-state index contributed by atoms with van der Waals surface area (Å²) in [4.78, 5) is 11.9. The van der Waals surface area contributed by atoms with E-state index >= 15 is 0 Å². The van der Waals surface area contributed by atoms with Crippen molar-refractivity contribution in [2.24, 2.45) is 0 Å². The Morgan fingerprint density at radius 1 is 1.32 bits per heavy atom. The van der Waals surface area contributed by atoms with Crippen LogP contribution in [0.25, 0.3) is 0 Å². The first-order valence-corrected chi connectivity index (χ1v) is 6.06. The number of benzene rings is 1. The molecule has 1 aromatic heterocycles. The molecule has 0 saturated heterocycles. The summed E-state index contributed by atoms with van der Waals surface area (Å²) in [7, 11) is 0. The summed E-state index contributed by atoms with van der Waals surface area (Å²) < 4.78 is 10.4. The van der Waals surface area contributed by atoms with E-state index in [1.165, 1.54) is 0 Å². The second-order valence-electron chi connectivity index (χ2n) is 4.48. The summed E-state index contributed by atoms with van der Waals surface area (Å²) in [6, 6.07) is 8.60. The van der Waals surface area contributed by atoms with Crippen LogP contribution in [0.15, 0.2) is 34.9 Å². The van der Waals surface area contributed by atoms with Gasteiger partial charge >= 0.3 is 0 Å². The summed E-state index contributed by atoms with van der Waals surface area (Å²) in [5, 5.41) is 6.33. The zero-order valence-electron chi connectivity index (χ0n) is 11.1. The first-order chi connectivity index (χ1) is 9.04. The molecule has 1 N–H and O–H groups in total. The number of aromatic nitrogens is 1. The molecule has 0 bridgehead atoms. The van der Waals surface area contributed by atoms with Crippen LogP contribution in [0.2, 0.25) is 0 Å². The number of carbonyl (C=O) groups excluding carboxylic acids is 1. The summed E-state index contributed by atoms with van der Waals surface area (Å²) in [5.74, 6) is 0.833. The van der Waals surface area contributed by atoms with Gasteiger partial charge in [0.2, 0.25) is 5.88 Å². The largest absolute Gasteiger partial charge is 0.491 e. The average Bonchev–Trinajstić information content (AvgIpc) is 2.75. The molecule has 19 heavy (non-hydrogen) atoms. The SMILES string of the molecule is Cc1cc(NC(=O)c2ccc(OC(C)C)cc2)on1. The van der Waals surface area contributed by atoms with Crippen molar-refractivity contribution in [1.29, 1.82) is 0 Å². The molecule has 0 atom stereocenters. The summed E-state index contributed by atoms with van der Waals surface area (Å²) in [6.07, 6.45) is 0.108. The van der Waals surface area contributed by atoms with Crippen molar-refractivity contribution in [3.63, 3.8) is 0 Å². The van der Waals surface area contributed by atoms with Crippen LogP contribution in [0.5, 0.6) is 5.75 Å². The van der Waals surface area contributed by atoms with Crippen molar-refractivity contribution in [3.8, 4) is 5.75 Å². The molecular formula is C14H16N2O3. The number of aryl methyl sites for hydroxylation is 1. The number of rotatable bonds is 4. The Bertz CT molecular complexity index is 558. The predicted octanol–water partition coefficient (Wildman–Crippen LogP) is 3.02. The molecule has 0 fully saturated rings. The second-order valence-corrected chi connectivity index (χ2v) is 4.48. The lowest BCUT2D eigenvalue weighted by molar-refractivity contribution is 0.102. The second kappa shape index (κ2) is 5.56. The molecule has 0 aliphatic carbocycles. The van der Waals surface area contributed by atoms with Crippen molar-refractivity contribution in [2.45, 2.75) is 26.9 Å². The predicted molar refractivity (Wildman–Crippen MR) is 71.4 cm³/mol. The molecule has 0 aliphatic heterocycles. The first kappa shape index (κ1) is 13.1. The van der Waals surface area contributed by atoms with Crippen molar-refractivity contribution in [1.82, 2.24) is 5.16 Å². The van der Waals surface area contributed by atoms with E-state index in [-0.39, 0.29) is 12.0 Å². The van der Waals surface area contributed by atoms with Crippen LogP contribution in [0.1, 0.15) is 29.9 Å². The number of hydrogen-bond acceptors (Lipinski definition) is 4. The third kappa shape index (κ3) is 3.58. The minimum Gasteiger partial charge on any atom is -0.491 e. The molecule has 1 aromatic carbocycles. The van der Waals surface area contributed by atoms with Gasteiger partial charge in [-0.2, -0.15) is 0 Å². The molecule has 0 unspecified atom stereocenters. The fraction of sp³-hybridized carbons (Fsp3) is 0.286. The highest BCUT2D eigenvalue weighted by atomic mass is 16.5. The van der Waals surface area contributed by atoms with E-state index in [9.17, 15) is 4.79 Å². The van der Waals surface area contributed by atoms with Gasteiger partial charge in [-0.1, -0.05) is 5.16 Å². The van der Waals surface area contributed by atoms with Gasteiger partial charge in [0.25, 0.3) is 5.91 Å². The van der Waals surface area contributed by atoms with E-state index in [0.717, 1.165) is 11.4 Å². The third-order valence-corrected chi connectivity index (χ3v) is 2.35. The molecule has 5 heteroatoms. The van der Waals surface area contributed by atoms with Crippen LogP contribution in [0.4, 0.5) is 5.88 Å². The molecule has 0 spiro atoms. The van der Waals surface area contributed by atoms with Crippen molar-refractivity contribution in [2.75, 3.05) is 5.32 Å². The zero-order valence-corrected chi connectivity index (χ0v) is 11.1. The van der Waals surface area contributed by atoms with Gasteiger partial charge in [0.05, 0.1) is 11.8 Å². The van der Waals surface area contributed by atoms with E-state index in [0.29, 0.717) is 11.4 Å². The Labute approximate surface area is 111 Å². The molecule has 1 heterocycles. The number of nitrogens with zero attached hydrogens (tertiary/aromatic N) is 1. The van der Waals surface area contributed by atoms with Crippen LogP contribution in [-0.2, 0) is 0 Å². The van der Waals surface area contributed by atoms with Gasteiger partial charge in [-0.15, -0.1) is 0 Å². The standard InChI is InChI=1S/C14H16N2O3/c1-9(2)18-12-6-4-11(5-7-12)14(17)15-13-8-10(3)16-19-13/h4-9H,1-3H3,(H,15,17). The average molecular weight is 260 g/mol. The van der Waals surface area contributed by atoms with Gasteiger partial charge in [-0.05, 0) is 45.0 Å². The number of nitrogens with one attached hydrogen (secondary N) is 1. The zero-order chi connectivity index (χ0) is 13.8. The normalized spacial score (nSPS) is 10.5.